The summed E-state index contributed by atoms with van der Waals surface area (Å²) in [7, 11) is -3.56. The largest absolute Gasteiger partial charge is 0.461 e. The van der Waals surface area contributed by atoms with Crippen molar-refractivity contribution in [2.24, 2.45) is 19.5 Å². The van der Waals surface area contributed by atoms with E-state index in [1.165, 1.54) is 0 Å². The lowest BCUT2D eigenvalue weighted by molar-refractivity contribution is 0.157. The van der Waals surface area contributed by atoms with Crippen molar-refractivity contribution >= 4 is 14.7 Å². The highest BCUT2D eigenvalue weighted by molar-refractivity contribution is 6.74. The van der Waals surface area contributed by atoms with E-state index >= 15 is 0 Å². The van der Waals surface area contributed by atoms with Crippen molar-refractivity contribution in [3.05, 3.63) is 41.8 Å². The average Bonchev–Trinajstić information content (AvgIpc) is 2.36. The molecular formula is C4H6N12O2Si. The fourth-order valence-electron chi connectivity index (χ4n) is 0.959. The van der Waals surface area contributed by atoms with Gasteiger partial charge in [-0.15, -0.1) is 14.3 Å². The first-order chi connectivity index (χ1) is 9.14. The monoisotopic (exact) mass is 282 g/mol. The molecule has 0 aliphatic heterocycles. The molecule has 1 amide bonds. The van der Waals surface area contributed by atoms with Gasteiger partial charge in [0.15, 0.2) is 0 Å². The van der Waals surface area contributed by atoms with Crippen molar-refractivity contribution in [2.75, 3.05) is 6.61 Å². The summed E-state index contributed by atoms with van der Waals surface area (Å²) in [6, 6.07) is -0.0469. The lowest BCUT2D eigenvalue weighted by atomic mass is 10.5. The number of rotatable bonds is 7. The Morgan fingerprint density at radius 3 is 1.95 bits per heavy atom. The Kier molecular flexibility index (Phi) is 7.55. The summed E-state index contributed by atoms with van der Waals surface area (Å²) in [4.78, 5) is 20.3. The third-order valence-corrected chi connectivity index (χ3v) is 3.88. The van der Waals surface area contributed by atoms with Crippen molar-refractivity contribution < 1.29 is 9.53 Å². The number of nitrogens with zero attached hydrogens (tertiary/aromatic N) is 12. The minimum atomic E-state index is -3.56. The molecule has 14 nitrogen and oxygen atoms in total. The molecule has 0 spiro atoms. The molecule has 0 atom stereocenters. The molecule has 0 unspecified atom stereocenters. The van der Waals surface area contributed by atoms with E-state index in [1.54, 1.807) is 0 Å². The number of hydrogen-bond acceptors (Lipinski definition) is 5. The van der Waals surface area contributed by atoms with Crippen LogP contribution in [0.1, 0.15) is 6.42 Å². The summed E-state index contributed by atoms with van der Waals surface area (Å²) < 4.78 is 14.2. The van der Waals surface area contributed by atoms with Crippen LogP contribution in [0.4, 0.5) is 4.79 Å². The maximum absolute atomic E-state index is 10.7. The number of azide groups is 2. The minimum absolute atomic E-state index is 0.0469. The molecule has 0 rings (SSSR count). The molecule has 0 heterocycles. The van der Waals surface area contributed by atoms with Crippen LogP contribution in [0, 0.1) is 0 Å². The van der Waals surface area contributed by atoms with Crippen LogP contribution < -0.4 is 0 Å². The molecule has 0 radical (unpaired) electrons. The average molecular weight is 282 g/mol. The van der Waals surface area contributed by atoms with Crippen molar-refractivity contribution in [1.82, 2.24) is 0 Å². The van der Waals surface area contributed by atoms with E-state index in [4.69, 9.17) is 22.1 Å². The number of hydrogen-bond donors (Lipinski definition) is 0. The van der Waals surface area contributed by atoms with Crippen LogP contribution in [0.2, 0.25) is 6.04 Å². The van der Waals surface area contributed by atoms with Gasteiger partial charge >= 0.3 is 14.7 Å². The molecule has 0 bridgehead atoms. The second-order valence-corrected chi connectivity index (χ2v) is 5.40. The first-order valence-electron chi connectivity index (χ1n) is 4.54. The van der Waals surface area contributed by atoms with Crippen LogP contribution in [-0.4, -0.2) is 21.3 Å². The second-order valence-electron chi connectivity index (χ2n) is 2.75. The highest BCUT2D eigenvalue weighted by Gasteiger charge is 2.31. The van der Waals surface area contributed by atoms with Gasteiger partial charge < -0.3 is 4.74 Å². The van der Waals surface area contributed by atoms with Gasteiger partial charge in [-0.1, -0.05) is 0 Å². The smallest absolute Gasteiger partial charge is 0.396 e. The highest BCUT2D eigenvalue weighted by Crippen LogP contribution is 2.19. The summed E-state index contributed by atoms with van der Waals surface area (Å²) >= 11 is 0. The number of amides is 1. The van der Waals surface area contributed by atoms with Crippen molar-refractivity contribution in [3.8, 4) is 0 Å². The van der Waals surface area contributed by atoms with Gasteiger partial charge in [-0.2, -0.15) is 0 Å². The zero-order chi connectivity index (χ0) is 14.6. The van der Waals surface area contributed by atoms with Gasteiger partial charge in [-0.05, 0) is 49.3 Å². The van der Waals surface area contributed by atoms with Crippen molar-refractivity contribution in [1.29, 1.82) is 0 Å². The van der Waals surface area contributed by atoms with Crippen LogP contribution >= 0.6 is 0 Å². The van der Waals surface area contributed by atoms with Crippen molar-refractivity contribution in [2.45, 2.75) is 12.5 Å². The van der Waals surface area contributed by atoms with Gasteiger partial charge in [-0.3, -0.25) is 0 Å². The molecule has 0 aliphatic rings. The molecule has 0 saturated heterocycles. The Labute approximate surface area is 105 Å². The van der Waals surface area contributed by atoms with E-state index < -0.39 is 14.7 Å². The third-order valence-electron chi connectivity index (χ3n) is 1.62. The molecule has 0 fully saturated rings. The van der Waals surface area contributed by atoms with E-state index in [0.717, 1.165) is 0 Å². The Bertz CT molecular complexity index is 472. The first kappa shape index (κ1) is 15.9. The SMILES string of the molecule is [N-]=[N+]=NC(=O)OCCC[Si](N=[N+]=[N-])(N=[N+]=[N-])N=[N+]=[N-]. The van der Waals surface area contributed by atoms with Crippen LogP contribution in [-0.2, 0) is 4.74 Å². The quantitative estimate of drug-likeness (QED) is 0.224. The van der Waals surface area contributed by atoms with Gasteiger partial charge in [0.05, 0.1) is 6.61 Å². The van der Waals surface area contributed by atoms with E-state index in [-0.39, 0.29) is 19.1 Å². The molecule has 98 valence electrons. The van der Waals surface area contributed by atoms with E-state index in [2.05, 4.69) is 43.8 Å². The second kappa shape index (κ2) is 9.01. The van der Waals surface area contributed by atoms with Crippen LogP contribution in [0.25, 0.3) is 41.8 Å². The van der Waals surface area contributed by atoms with Gasteiger partial charge in [0.25, 0.3) is 0 Å². The van der Waals surface area contributed by atoms with Crippen LogP contribution in [0.15, 0.2) is 19.5 Å². The highest BCUT2D eigenvalue weighted by atomic mass is 28.4. The number of ether oxygens (including phenoxy) is 1. The van der Waals surface area contributed by atoms with E-state index in [1.807, 2.05) is 0 Å². The van der Waals surface area contributed by atoms with E-state index in [0.29, 0.717) is 0 Å². The number of carbonyl (C=O) groups excluding carboxylic acids is 1. The van der Waals surface area contributed by atoms with Gasteiger partial charge in [0, 0.05) is 10.0 Å². The Morgan fingerprint density at radius 1 is 1.00 bits per heavy atom. The van der Waals surface area contributed by atoms with Gasteiger partial charge in [0.1, 0.15) is 0 Å². The zero-order valence-corrected chi connectivity index (χ0v) is 10.3. The Hall–Kier alpha value is -3.07. The topological polar surface area (TPSA) is 221 Å². The molecule has 0 aromatic rings. The minimum Gasteiger partial charge on any atom is -0.461 e. The zero-order valence-electron chi connectivity index (χ0n) is 9.30. The lowest BCUT2D eigenvalue weighted by Crippen LogP contribution is -2.26. The molecular weight excluding hydrogens is 276 g/mol. The maximum atomic E-state index is 10.7. The molecule has 19 heavy (non-hydrogen) atoms. The van der Waals surface area contributed by atoms with Gasteiger partial charge in [-0.25, -0.2) is 4.79 Å². The van der Waals surface area contributed by atoms with E-state index in [9.17, 15) is 4.79 Å². The molecule has 0 aliphatic carbocycles. The summed E-state index contributed by atoms with van der Waals surface area (Å²) in [6.07, 6.45) is -1.01. The summed E-state index contributed by atoms with van der Waals surface area (Å²) in [6.45, 7) is -0.171. The molecule has 0 aromatic carbocycles. The fourth-order valence-corrected chi connectivity index (χ4v) is 2.43. The predicted octanol–water partition coefficient (Wildman–Crippen LogP) is 3.69. The molecule has 15 heteroatoms. The molecule has 0 aromatic heterocycles. The number of carbonyl (C=O) groups is 1. The summed E-state index contributed by atoms with van der Waals surface area (Å²) in [5.41, 5.74) is 33.0. The standard InChI is InChI=1S/C4H6N12O2Si/c5-10-9-4(17)18-2-1-3-19(14-11-6,15-12-7)16-13-8/h1-3H2. The Morgan fingerprint density at radius 2 is 1.53 bits per heavy atom. The normalized spacial score (nSPS) is 11.4. The first-order valence-corrected chi connectivity index (χ1v) is 6.59. The summed E-state index contributed by atoms with van der Waals surface area (Å²) in [5, 5.41) is 2.65. The fraction of sp³-hybridized carbons (Fsp3) is 0.750. The molecule has 0 N–H and O–H groups in total. The van der Waals surface area contributed by atoms with Crippen LogP contribution in [0.3, 0.4) is 0 Å². The molecule has 0 saturated carbocycles. The predicted molar refractivity (Wildman–Crippen MR) is 63.1 cm³/mol. The lowest BCUT2D eigenvalue weighted by Gasteiger charge is -2.12. The van der Waals surface area contributed by atoms with Gasteiger partial charge in [0.2, 0.25) is 0 Å². The van der Waals surface area contributed by atoms with Crippen LogP contribution in [0.5, 0.6) is 0 Å². The van der Waals surface area contributed by atoms with Crippen molar-refractivity contribution in [3.63, 3.8) is 0 Å². The third kappa shape index (κ3) is 6.28. The maximum Gasteiger partial charge on any atom is 0.396 e. The Balaban J connectivity index is 4.63. The summed E-state index contributed by atoms with van der Waals surface area (Å²) in [5.74, 6) is 0.